The molecule has 0 aliphatic carbocycles. The van der Waals surface area contributed by atoms with Gasteiger partial charge in [-0.05, 0) is 53.2 Å². The molecule has 0 radical (unpaired) electrons. The molecule has 3 aromatic rings. The number of halogens is 1. The summed E-state index contributed by atoms with van der Waals surface area (Å²) >= 11 is 5.32. The van der Waals surface area contributed by atoms with Crippen molar-refractivity contribution in [2.45, 2.75) is 19.8 Å². The first kappa shape index (κ1) is 19.0. The molecule has 0 amide bonds. The van der Waals surface area contributed by atoms with Gasteiger partial charge in [0.2, 0.25) is 0 Å². The molecule has 27 heavy (non-hydrogen) atoms. The molecule has 0 aromatic heterocycles. The van der Waals surface area contributed by atoms with E-state index in [1.807, 2.05) is 42.5 Å². The molecule has 0 aliphatic rings. The number of benzene rings is 3. The summed E-state index contributed by atoms with van der Waals surface area (Å²) in [4.78, 5) is 0. The molecule has 138 valence electrons. The van der Waals surface area contributed by atoms with Crippen LogP contribution in [0, 0.1) is 5.82 Å². The third-order valence-corrected chi connectivity index (χ3v) is 4.28. The zero-order valence-corrected chi connectivity index (χ0v) is 15.6. The van der Waals surface area contributed by atoms with Crippen molar-refractivity contribution >= 4 is 23.0 Å². The highest BCUT2D eigenvalue weighted by Gasteiger charge is 2.04. The molecule has 0 aliphatic heterocycles. The van der Waals surface area contributed by atoms with Gasteiger partial charge in [-0.2, -0.15) is 0 Å². The van der Waals surface area contributed by atoms with Gasteiger partial charge in [0, 0.05) is 12.2 Å². The van der Waals surface area contributed by atoms with E-state index in [2.05, 4.69) is 22.8 Å². The molecule has 0 atom stereocenters. The monoisotopic (exact) mass is 380 g/mol. The lowest BCUT2D eigenvalue weighted by molar-refractivity contribution is 0.106. The minimum atomic E-state index is -0.274. The molecule has 0 unspecified atom stereocenters. The summed E-state index contributed by atoms with van der Waals surface area (Å²) in [5.74, 6) is -0.274. The number of thiocarbonyl (C=S) groups is 1. The Bertz CT molecular complexity index is 869. The first-order valence-electron chi connectivity index (χ1n) is 8.69. The normalized spacial score (nSPS) is 10.4. The molecule has 0 heterocycles. The van der Waals surface area contributed by atoms with Gasteiger partial charge in [-0.15, -0.1) is 0 Å². The van der Waals surface area contributed by atoms with Crippen LogP contribution in [0.2, 0.25) is 0 Å². The van der Waals surface area contributed by atoms with E-state index in [0.29, 0.717) is 24.9 Å². The first-order chi connectivity index (χ1) is 13.2. The molecule has 0 bridgehead atoms. The van der Waals surface area contributed by atoms with Crippen LogP contribution in [0.1, 0.15) is 16.7 Å². The molecule has 0 saturated carbocycles. The third-order valence-electron chi connectivity index (χ3n) is 4.03. The van der Waals surface area contributed by atoms with Gasteiger partial charge >= 0.3 is 0 Å². The fourth-order valence-corrected chi connectivity index (χ4v) is 2.80. The van der Waals surface area contributed by atoms with Gasteiger partial charge in [-0.3, -0.25) is 0 Å². The van der Waals surface area contributed by atoms with Crippen LogP contribution in [0.15, 0.2) is 78.9 Å². The van der Waals surface area contributed by atoms with Crippen molar-refractivity contribution in [2.24, 2.45) is 0 Å². The molecule has 0 fully saturated rings. The highest BCUT2D eigenvalue weighted by Crippen LogP contribution is 2.12. The standard InChI is InChI=1S/C22H21FN2OS/c23-20-10-12-21(13-11-20)25-22(27)24-14-18-8-4-5-9-19(18)16-26-15-17-6-2-1-3-7-17/h1-13H,14-16H2,(H2,24,25,27). The minimum Gasteiger partial charge on any atom is -0.372 e. The number of rotatable bonds is 7. The van der Waals surface area contributed by atoms with Crippen LogP contribution in [-0.4, -0.2) is 5.11 Å². The number of ether oxygens (including phenoxy) is 1. The maximum atomic E-state index is 13.0. The van der Waals surface area contributed by atoms with E-state index in [0.717, 1.165) is 22.4 Å². The van der Waals surface area contributed by atoms with Gasteiger partial charge in [-0.25, -0.2) is 4.39 Å². The van der Waals surface area contributed by atoms with Crippen molar-refractivity contribution in [1.29, 1.82) is 0 Å². The highest BCUT2D eigenvalue weighted by atomic mass is 32.1. The molecular weight excluding hydrogens is 359 g/mol. The zero-order valence-electron chi connectivity index (χ0n) is 14.8. The summed E-state index contributed by atoms with van der Waals surface area (Å²) in [5, 5.41) is 6.72. The fraction of sp³-hybridized carbons (Fsp3) is 0.136. The van der Waals surface area contributed by atoms with Crippen molar-refractivity contribution in [2.75, 3.05) is 5.32 Å². The van der Waals surface area contributed by atoms with Gasteiger partial charge in [0.15, 0.2) is 5.11 Å². The van der Waals surface area contributed by atoms with E-state index in [4.69, 9.17) is 17.0 Å². The lowest BCUT2D eigenvalue weighted by Crippen LogP contribution is -2.28. The van der Waals surface area contributed by atoms with E-state index in [1.165, 1.54) is 12.1 Å². The lowest BCUT2D eigenvalue weighted by atomic mass is 10.1. The summed E-state index contributed by atoms with van der Waals surface area (Å²) in [6, 6.07) is 24.3. The second kappa shape index (κ2) is 9.80. The predicted molar refractivity (Wildman–Crippen MR) is 111 cm³/mol. The van der Waals surface area contributed by atoms with Crippen LogP contribution in [0.4, 0.5) is 10.1 Å². The second-order valence-electron chi connectivity index (χ2n) is 6.06. The predicted octanol–water partition coefficient (Wildman–Crippen LogP) is 5.03. The van der Waals surface area contributed by atoms with E-state index >= 15 is 0 Å². The Morgan fingerprint density at radius 3 is 2.22 bits per heavy atom. The Hall–Kier alpha value is -2.76. The second-order valence-corrected chi connectivity index (χ2v) is 6.47. The van der Waals surface area contributed by atoms with Crippen LogP contribution in [0.5, 0.6) is 0 Å². The molecule has 0 saturated heterocycles. The van der Waals surface area contributed by atoms with Crippen LogP contribution < -0.4 is 10.6 Å². The SMILES string of the molecule is Fc1ccc(NC(=S)NCc2ccccc2COCc2ccccc2)cc1. The van der Waals surface area contributed by atoms with Gasteiger partial charge in [0.1, 0.15) is 5.82 Å². The topological polar surface area (TPSA) is 33.3 Å². The third kappa shape index (κ3) is 6.16. The summed E-state index contributed by atoms with van der Waals surface area (Å²) in [6.07, 6.45) is 0. The average Bonchev–Trinajstić information content (AvgIpc) is 2.70. The van der Waals surface area contributed by atoms with Gasteiger partial charge in [0.25, 0.3) is 0 Å². The molecule has 3 nitrogen and oxygen atoms in total. The Morgan fingerprint density at radius 1 is 0.815 bits per heavy atom. The zero-order chi connectivity index (χ0) is 18.9. The molecule has 2 N–H and O–H groups in total. The van der Waals surface area contributed by atoms with Crippen LogP contribution >= 0.6 is 12.2 Å². The summed E-state index contributed by atoms with van der Waals surface area (Å²) in [7, 11) is 0. The maximum absolute atomic E-state index is 13.0. The van der Waals surface area contributed by atoms with E-state index in [9.17, 15) is 4.39 Å². The summed E-state index contributed by atoms with van der Waals surface area (Å²) in [6.45, 7) is 1.69. The Balaban J connectivity index is 1.51. The molecular formula is C22H21FN2OS. The molecule has 3 rings (SSSR count). The molecule has 0 spiro atoms. The summed E-state index contributed by atoms with van der Waals surface area (Å²) < 4.78 is 18.8. The van der Waals surface area contributed by atoms with E-state index in [1.54, 1.807) is 12.1 Å². The fourth-order valence-electron chi connectivity index (χ4n) is 2.61. The number of anilines is 1. The van der Waals surface area contributed by atoms with Crippen molar-refractivity contribution in [3.63, 3.8) is 0 Å². The van der Waals surface area contributed by atoms with Gasteiger partial charge < -0.3 is 15.4 Å². The first-order valence-corrected chi connectivity index (χ1v) is 9.10. The summed E-state index contributed by atoms with van der Waals surface area (Å²) in [5.41, 5.74) is 4.13. The Kier molecular flexibility index (Phi) is 6.90. The average molecular weight is 380 g/mol. The van der Waals surface area contributed by atoms with Crippen LogP contribution in [0.3, 0.4) is 0 Å². The van der Waals surface area contributed by atoms with Crippen molar-refractivity contribution < 1.29 is 9.13 Å². The quantitative estimate of drug-likeness (QED) is 0.563. The van der Waals surface area contributed by atoms with Crippen molar-refractivity contribution in [3.05, 3.63) is 101 Å². The Morgan fingerprint density at radius 2 is 1.48 bits per heavy atom. The molecule has 3 aromatic carbocycles. The number of nitrogens with one attached hydrogen (secondary N) is 2. The largest absolute Gasteiger partial charge is 0.372 e. The van der Waals surface area contributed by atoms with E-state index in [-0.39, 0.29) is 5.82 Å². The van der Waals surface area contributed by atoms with E-state index < -0.39 is 0 Å². The Labute approximate surface area is 164 Å². The minimum absolute atomic E-state index is 0.274. The van der Waals surface area contributed by atoms with Gasteiger partial charge in [-0.1, -0.05) is 54.6 Å². The maximum Gasteiger partial charge on any atom is 0.171 e. The van der Waals surface area contributed by atoms with Crippen LogP contribution in [-0.2, 0) is 24.5 Å². The highest BCUT2D eigenvalue weighted by molar-refractivity contribution is 7.80. The van der Waals surface area contributed by atoms with Crippen molar-refractivity contribution in [1.82, 2.24) is 5.32 Å². The number of hydrogen-bond acceptors (Lipinski definition) is 2. The van der Waals surface area contributed by atoms with Crippen LogP contribution in [0.25, 0.3) is 0 Å². The lowest BCUT2D eigenvalue weighted by Gasteiger charge is -2.14. The number of hydrogen-bond donors (Lipinski definition) is 2. The smallest absolute Gasteiger partial charge is 0.171 e. The molecule has 5 heteroatoms. The van der Waals surface area contributed by atoms with Gasteiger partial charge in [0.05, 0.1) is 13.2 Å². The van der Waals surface area contributed by atoms with Crippen molar-refractivity contribution in [3.8, 4) is 0 Å².